The highest BCUT2D eigenvalue weighted by atomic mass is 15.0. The Bertz CT molecular complexity index is 1020. The lowest BCUT2D eigenvalue weighted by molar-refractivity contribution is 0.734. The largest absolute Gasteiger partial charge is 0.341 e. The molecule has 1 heteroatoms. The molecule has 1 aromatic heterocycles. The second-order valence-corrected chi connectivity index (χ2v) is 6.92. The summed E-state index contributed by atoms with van der Waals surface area (Å²) >= 11 is 0. The molecular weight excluding hydrogens is 302 g/mol. The summed E-state index contributed by atoms with van der Waals surface area (Å²) in [6.07, 6.45) is 1.18. The zero-order chi connectivity index (χ0) is 17.4. The Morgan fingerprint density at radius 3 is 2.16 bits per heavy atom. The first-order valence-corrected chi connectivity index (χ1v) is 9.34. The molecule has 1 atom stereocenters. The van der Waals surface area contributed by atoms with Gasteiger partial charge in [0.2, 0.25) is 0 Å². The minimum Gasteiger partial charge on any atom is -0.341 e. The van der Waals surface area contributed by atoms with Gasteiger partial charge in [-0.3, -0.25) is 0 Å². The third-order valence-corrected chi connectivity index (χ3v) is 5.51. The molecule has 0 saturated heterocycles. The van der Waals surface area contributed by atoms with Gasteiger partial charge in [-0.05, 0) is 54.2 Å². The summed E-state index contributed by atoms with van der Waals surface area (Å²) < 4.78 is 2.40. The lowest BCUT2D eigenvalue weighted by atomic mass is 9.95. The Balaban J connectivity index is 1.85. The standard InChI is InChI=1S/C24H25N/c1-4-17(3)18-10-12-19(13-11-18)20-14-15-24-22(16-20)21-8-6-7-9-23(21)25(24)5-2/h6-17H,4-5H2,1-3H3. The normalized spacial score (nSPS) is 12.8. The van der Waals surface area contributed by atoms with Crippen molar-refractivity contribution in [3.05, 3.63) is 72.3 Å². The summed E-state index contributed by atoms with van der Waals surface area (Å²) in [7, 11) is 0. The van der Waals surface area contributed by atoms with Crippen molar-refractivity contribution < 1.29 is 0 Å². The van der Waals surface area contributed by atoms with E-state index in [0.717, 1.165) is 6.54 Å². The van der Waals surface area contributed by atoms with E-state index in [1.165, 1.54) is 44.9 Å². The van der Waals surface area contributed by atoms with E-state index in [1.807, 2.05) is 0 Å². The van der Waals surface area contributed by atoms with E-state index in [2.05, 4.69) is 92.1 Å². The minimum absolute atomic E-state index is 0.624. The number of aryl methyl sites for hydroxylation is 1. The van der Waals surface area contributed by atoms with Gasteiger partial charge in [0.05, 0.1) is 0 Å². The average molecular weight is 327 g/mol. The molecule has 0 aliphatic rings. The number of benzene rings is 3. The molecule has 1 unspecified atom stereocenters. The Kier molecular flexibility index (Phi) is 4.09. The van der Waals surface area contributed by atoms with Crippen molar-refractivity contribution in [3.8, 4) is 11.1 Å². The molecule has 0 amide bonds. The summed E-state index contributed by atoms with van der Waals surface area (Å²) in [6.45, 7) is 7.75. The third-order valence-electron chi connectivity index (χ3n) is 5.51. The molecule has 4 rings (SSSR count). The minimum atomic E-state index is 0.624. The van der Waals surface area contributed by atoms with E-state index in [-0.39, 0.29) is 0 Å². The summed E-state index contributed by atoms with van der Waals surface area (Å²) in [5.41, 5.74) is 6.66. The Morgan fingerprint density at radius 2 is 1.44 bits per heavy atom. The predicted octanol–water partition coefficient (Wildman–Crippen LogP) is 6.99. The van der Waals surface area contributed by atoms with Crippen LogP contribution in [0.3, 0.4) is 0 Å². The van der Waals surface area contributed by atoms with Crippen LogP contribution in [0.5, 0.6) is 0 Å². The maximum Gasteiger partial charge on any atom is 0.0491 e. The van der Waals surface area contributed by atoms with E-state index in [4.69, 9.17) is 0 Å². The molecule has 0 spiro atoms. The Hall–Kier alpha value is -2.54. The van der Waals surface area contributed by atoms with E-state index in [9.17, 15) is 0 Å². The van der Waals surface area contributed by atoms with Gasteiger partial charge in [0.15, 0.2) is 0 Å². The second-order valence-electron chi connectivity index (χ2n) is 6.92. The van der Waals surface area contributed by atoms with Gasteiger partial charge in [-0.25, -0.2) is 0 Å². The molecule has 1 heterocycles. The predicted molar refractivity (Wildman–Crippen MR) is 109 cm³/mol. The van der Waals surface area contributed by atoms with Crippen LogP contribution in [0.15, 0.2) is 66.7 Å². The lowest BCUT2D eigenvalue weighted by Crippen LogP contribution is -1.92. The van der Waals surface area contributed by atoms with Crippen molar-refractivity contribution >= 4 is 21.8 Å². The highest BCUT2D eigenvalue weighted by molar-refractivity contribution is 6.09. The first-order chi connectivity index (χ1) is 12.2. The summed E-state index contributed by atoms with van der Waals surface area (Å²) in [5.74, 6) is 0.624. The van der Waals surface area contributed by atoms with Crippen LogP contribution in [0.25, 0.3) is 32.9 Å². The third kappa shape index (κ3) is 2.64. The van der Waals surface area contributed by atoms with Gasteiger partial charge in [-0.2, -0.15) is 0 Å². The number of para-hydroxylation sites is 1. The first-order valence-electron chi connectivity index (χ1n) is 9.34. The lowest BCUT2D eigenvalue weighted by Gasteiger charge is -2.10. The molecule has 25 heavy (non-hydrogen) atoms. The van der Waals surface area contributed by atoms with Gasteiger partial charge in [-0.1, -0.05) is 62.4 Å². The van der Waals surface area contributed by atoms with Gasteiger partial charge in [0.1, 0.15) is 0 Å². The average Bonchev–Trinajstić information content (AvgIpc) is 3.00. The van der Waals surface area contributed by atoms with Crippen LogP contribution in [-0.2, 0) is 6.54 Å². The smallest absolute Gasteiger partial charge is 0.0491 e. The van der Waals surface area contributed by atoms with Gasteiger partial charge in [-0.15, -0.1) is 0 Å². The molecule has 0 fully saturated rings. The number of aromatic nitrogens is 1. The number of fused-ring (bicyclic) bond motifs is 3. The maximum atomic E-state index is 2.40. The topological polar surface area (TPSA) is 4.93 Å². The number of nitrogens with zero attached hydrogens (tertiary/aromatic N) is 1. The van der Waals surface area contributed by atoms with Crippen LogP contribution in [-0.4, -0.2) is 4.57 Å². The summed E-state index contributed by atoms with van der Waals surface area (Å²) in [5, 5.41) is 2.69. The van der Waals surface area contributed by atoms with E-state index in [0.29, 0.717) is 5.92 Å². The van der Waals surface area contributed by atoms with Crippen molar-refractivity contribution in [1.29, 1.82) is 0 Å². The van der Waals surface area contributed by atoms with Crippen molar-refractivity contribution in [1.82, 2.24) is 4.57 Å². The Morgan fingerprint density at radius 1 is 0.760 bits per heavy atom. The van der Waals surface area contributed by atoms with Gasteiger partial charge < -0.3 is 4.57 Å². The molecule has 0 saturated carbocycles. The molecule has 1 nitrogen and oxygen atoms in total. The molecule has 0 radical (unpaired) electrons. The molecule has 4 aromatic rings. The quantitative estimate of drug-likeness (QED) is 0.380. The van der Waals surface area contributed by atoms with Crippen molar-refractivity contribution in [3.63, 3.8) is 0 Å². The second kappa shape index (κ2) is 6.40. The van der Waals surface area contributed by atoms with E-state index < -0.39 is 0 Å². The van der Waals surface area contributed by atoms with Crippen LogP contribution in [0.1, 0.15) is 38.7 Å². The van der Waals surface area contributed by atoms with Crippen LogP contribution >= 0.6 is 0 Å². The molecule has 126 valence electrons. The van der Waals surface area contributed by atoms with Gasteiger partial charge >= 0.3 is 0 Å². The fraction of sp³-hybridized carbons (Fsp3) is 0.250. The van der Waals surface area contributed by atoms with E-state index in [1.54, 1.807) is 0 Å². The number of hydrogen-bond acceptors (Lipinski definition) is 0. The first kappa shape index (κ1) is 16.0. The van der Waals surface area contributed by atoms with Crippen LogP contribution in [0, 0.1) is 0 Å². The molecule has 0 aliphatic carbocycles. The Labute approximate surface area is 149 Å². The maximum absolute atomic E-state index is 2.40. The van der Waals surface area contributed by atoms with Crippen LogP contribution in [0.2, 0.25) is 0 Å². The zero-order valence-electron chi connectivity index (χ0n) is 15.3. The molecule has 0 bridgehead atoms. The van der Waals surface area contributed by atoms with Crippen molar-refractivity contribution in [2.45, 2.75) is 39.7 Å². The SMILES string of the molecule is CCC(C)c1ccc(-c2ccc3c(c2)c2ccccc2n3CC)cc1. The van der Waals surface area contributed by atoms with Crippen molar-refractivity contribution in [2.75, 3.05) is 0 Å². The fourth-order valence-electron chi connectivity index (χ4n) is 3.81. The van der Waals surface area contributed by atoms with Crippen LogP contribution in [0.4, 0.5) is 0 Å². The fourth-order valence-corrected chi connectivity index (χ4v) is 3.81. The molecule has 3 aromatic carbocycles. The highest BCUT2D eigenvalue weighted by Gasteiger charge is 2.10. The monoisotopic (exact) mass is 327 g/mol. The molecular formula is C24H25N. The number of rotatable bonds is 4. The number of hydrogen-bond donors (Lipinski definition) is 0. The van der Waals surface area contributed by atoms with Gasteiger partial charge in [0, 0.05) is 28.4 Å². The van der Waals surface area contributed by atoms with Gasteiger partial charge in [0.25, 0.3) is 0 Å². The summed E-state index contributed by atoms with van der Waals surface area (Å²) in [6, 6.07) is 24.7. The molecule has 0 aliphatic heterocycles. The highest BCUT2D eigenvalue weighted by Crippen LogP contribution is 2.33. The van der Waals surface area contributed by atoms with Crippen molar-refractivity contribution in [2.24, 2.45) is 0 Å². The zero-order valence-corrected chi connectivity index (χ0v) is 15.3. The van der Waals surface area contributed by atoms with Crippen LogP contribution < -0.4 is 0 Å². The van der Waals surface area contributed by atoms with E-state index >= 15 is 0 Å². The summed E-state index contributed by atoms with van der Waals surface area (Å²) in [4.78, 5) is 0. The molecule has 0 N–H and O–H groups in total.